The first-order chi connectivity index (χ1) is 9.93. The van der Waals surface area contributed by atoms with Crippen molar-refractivity contribution in [1.82, 2.24) is 9.80 Å². The van der Waals surface area contributed by atoms with Gasteiger partial charge in [-0.25, -0.2) is 0 Å². The van der Waals surface area contributed by atoms with Crippen molar-refractivity contribution in [1.29, 1.82) is 0 Å². The predicted molar refractivity (Wildman–Crippen MR) is 77.4 cm³/mol. The monoisotopic (exact) mass is 293 g/mol. The van der Waals surface area contributed by atoms with Crippen LogP contribution in [0.1, 0.15) is 23.7 Å². The van der Waals surface area contributed by atoms with Crippen molar-refractivity contribution in [3.8, 4) is 5.75 Å². The smallest absolute Gasteiger partial charge is 0.310 e. The van der Waals surface area contributed by atoms with Crippen LogP contribution in [0, 0.1) is 10.1 Å². The van der Waals surface area contributed by atoms with Crippen molar-refractivity contribution in [2.75, 3.05) is 26.7 Å². The number of phenols is 1. The van der Waals surface area contributed by atoms with Crippen molar-refractivity contribution in [2.45, 2.75) is 19.4 Å². The highest BCUT2D eigenvalue weighted by Crippen LogP contribution is 2.27. The molecule has 0 saturated carbocycles. The molecule has 2 rings (SSSR count). The number of carbonyl (C=O) groups excluding carboxylic acids is 1. The van der Waals surface area contributed by atoms with Crippen molar-refractivity contribution in [2.24, 2.45) is 0 Å². The summed E-state index contributed by atoms with van der Waals surface area (Å²) in [7, 11) is 2.04. The number of likely N-dealkylation sites (N-methyl/N-ethyl adjacent to an activating group) is 1. The summed E-state index contributed by atoms with van der Waals surface area (Å²) in [6, 6.07) is 4.03. The van der Waals surface area contributed by atoms with Crippen molar-refractivity contribution in [3.05, 3.63) is 33.9 Å². The molecule has 0 bridgehead atoms. The Labute approximate surface area is 122 Å². The molecular formula is C14H19N3O4. The molecule has 1 saturated heterocycles. The lowest BCUT2D eigenvalue weighted by molar-refractivity contribution is -0.385. The van der Waals surface area contributed by atoms with Crippen molar-refractivity contribution in [3.63, 3.8) is 0 Å². The Hall–Kier alpha value is -2.15. The summed E-state index contributed by atoms with van der Waals surface area (Å²) in [5, 5.41) is 20.3. The molecule has 1 atom stereocenters. The Balaban J connectivity index is 2.17. The molecule has 1 heterocycles. The molecule has 1 unspecified atom stereocenters. The number of piperazine rings is 1. The number of carbonyl (C=O) groups is 1. The second kappa shape index (κ2) is 6.09. The maximum Gasteiger partial charge on any atom is 0.310 e. The number of hydrogen-bond acceptors (Lipinski definition) is 5. The Morgan fingerprint density at radius 1 is 1.48 bits per heavy atom. The van der Waals surface area contributed by atoms with E-state index in [-0.39, 0.29) is 11.5 Å². The molecule has 114 valence electrons. The molecule has 0 radical (unpaired) electrons. The SMILES string of the molecule is CCC1CN(C(=O)c2ccc([N+](=O)[O-])c(O)c2)CCN1C. The number of nitro benzene ring substituents is 1. The Morgan fingerprint density at radius 3 is 2.76 bits per heavy atom. The van der Waals surface area contributed by atoms with Gasteiger partial charge >= 0.3 is 5.69 Å². The van der Waals surface area contributed by atoms with Crippen LogP contribution in [0.5, 0.6) is 5.75 Å². The Bertz CT molecular complexity index is 561. The number of aromatic hydroxyl groups is 1. The van der Waals surface area contributed by atoms with Crippen molar-refractivity contribution < 1.29 is 14.8 Å². The van der Waals surface area contributed by atoms with E-state index in [1.165, 1.54) is 12.1 Å². The van der Waals surface area contributed by atoms with E-state index in [1.807, 2.05) is 7.05 Å². The van der Waals surface area contributed by atoms with E-state index in [4.69, 9.17) is 0 Å². The molecule has 0 aliphatic carbocycles. The number of benzene rings is 1. The predicted octanol–water partition coefficient (Wildman–Crippen LogP) is 1.47. The fourth-order valence-corrected chi connectivity index (χ4v) is 2.56. The standard InChI is InChI=1S/C14H19N3O4/c1-3-11-9-16(7-6-15(11)2)14(19)10-4-5-12(17(20)21)13(18)8-10/h4-5,8,11,18H,3,6-7,9H2,1-2H3. The number of amides is 1. The molecule has 1 aromatic carbocycles. The maximum absolute atomic E-state index is 12.4. The van der Waals surface area contributed by atoms with Gasteiger partial charge in [0.25, 0.3) is 5.91 Å². The van der Waals surface area contributed by atoms with Crippen LogP contribution in [0.4, 0.5) is 5.69 Å². The van der Waals surface area contributed by atoms with Gasteiger partial charge in [-0.15, -0.1) is 0 Å². The van der Waals surface area contributed by atoms with Gasteiger partial charge in [-0.05, 0) is 25.6 Å². The number of nitro groups is 1. The Kier molecular flexibility index (Phi) is 4.42. The van der Waals surface area contributed by atoms with Gasteiger partial charge in [-0.1, -0.05) is 6.92 Å². The van der Waals surface area contributed by atoms with Gasteiger partial charge in [-0.3, -0.25) is 19.8 Å². The first-order valence-corrected chi connectivity index (χ1v) is 6.91. The minimum atomic E-state index is -0.674. The van der Waals surface area contributed by atoms with E-state index < -0.39 is 16.4 Å². The summed E-state index contributed by atoms with van der Waals surface area (Å²) in [4.78, 5) is 26.4. The molecule has 7 nitrogen and oxygen atoms in total. The number of hydrogen-bond donors (Lipinski definition) is 1. The molecule has 1 aliphatic rings. The number of phenolic OH excluding ortho intramolecular Hbond substituents is 1. The molecule has 1 N–H and O–H groups in total. The molecule has 21 heavy (non-hydrogen) atoms. The summed E-state index contributed by atoms with van der Waals surface area (Å²) in [5.74, 6) is -0.682. The second-order valence-corrected chi connectivity index (χ2v) is 5.25. The van der Waals surface area contributed by atoms with Crippen molar-refractivity contribution >= 4 is 11.6 Å². The summed E-state index contributed by atoms with van der Waals surface area (Å²) >= 11 is 0. The van der Waals surface area contributed by atoms with E-state index in [2.05, 4.69) is 11.8 Å². The maximum atomic E-state index is 12.4. The molecular weight excluding hydrogens is 274 g/mol. The third kappa shape index (κ3) is 3.13. The summed E-state index contributed by atoms with van der Waals surface area (Å²) in [6.07, 6.45) is 0.950. The van der Waals surface area contributed by atoms with Crippen LogP contribution in [0.3, 0.4) is 0 Å². The van der Waals surface area contributed by atoms with Gasteiger partial charge in [0.15, 0.2) is 5.75 Å². The molecule has 1 aliphatic heterocycles. The summed E-state index contributed by atoms with van der Waals surface area (Å²) < 4.78 is 0. The molecule has 1 aromatic rings. The largest absolute Gasteiger partial charge is 0.502 e. The van der Waals surface area contributed by atoms with Crippen LogP contribution in [-0.2, 0) is 0 Å². The minimum absolute atomic E-state index is 0.202. The number of nitrogens with zero attached hydrogens (tertiary/aromatic N) is 3. The fraction of sp³-hybridized carbons (Fsp3) is 0.500. The molecule has 1 fully saturated rings. The van der Waals surface area contributed by atoms with E-state index in [0.29, 0.717) is 19.1 Å². The van der Waals surface area contributed by atoms with Crippen LogP contribution >= 0.6 is 0 Å². The highest BCUT2D eigenvalue weighted by atomic mass is 16.6. The zero-order valence-corrected chi connectivity index (χ0v) is 12.2. The topological polar surface area (TPSA) is 86.9 Å². The molecule has 0 spiro atoms. The van der Waals surface area contributed by atoms with Gasteiger partial charge in [0, 0.05) is 37.3 Å². The van der Waals surface area contributed by atoms with E-state index in [0.717, 1.165) is 19.0 Å². The average Bonchev–Trinajstić information content (AvgIpc) is 2.46. The zero-order chi connectivity index (χ0) is 15.6. The highest BCUT2D eigenvalue weighted by molar-refractivity contribution is 5.95. The van der Waals surface area contributed by atoms with Crippen LogP contribution < -0.4 is 0 Å². The Morgan fingerprint density at radius 2 is 2.19 bits per heavy atom. The third-order valence-corrected chi connectivity index (χ3v) is 3.95. The zero-order valence-electron chi connectivity index (χ0n) is 12.2. The average molecular weight is 293 g/mol. The van der Waals surface area contributed by atoms with Gasteiger partial charge in [-0.2, -0.15) is 0 Å². The van der Waals surface area contributed by atoms with Crippen LogP contribution in [-0.4, -0.2) is 58.5 Å². The highest BCUT2D eigenvalue weighted by Gasteiger charge is 2.27. The van der Waals surface area contributed by atoms with Gasteiger partial charge < -0.3 is 10.0 Å². The quantitative estimate of drug-likeness (QED) is 0.673. The molecule has 0 aromatic heterocycles. The second-order valence-electron chi connectivity index (χ2n) is 5.25. The van der Waals surface area contributed by atoms with Crippen LogP contribution in [0.25, 0.3) is 0 Å². The normalized spacial score (nSPS) is 19.5. The number of rotatable bonds is 3. The van der Waals surface area contributed by atoms with E-state index in [9.17, 15) is 20.0 Å². The van der Waals surface area contributed by atoms with Gasteiger partial charge in [0.1, 0.15) is 0 Å². The molecule has 1 amide bonds. The first-order valence-electron chi connectivity index (χ1n) is 6.91. The first kappa shape index (κ1) is 15.2. The van der Waals surface area contributed by atoms with E-state index >= 15 is 0 Å². The molecule has 7 heteroatoms. The fourth-order valence-electron chi connectivity index (χ4n) is 2.56. The van der Waals surface area contributed by atoms with Crippen LogP contribution in [0.2, 0.25) is 0 Å². The van der Waals surface area contributed by atoms with Gasteiger partial charge in [0.05, 0.1) is 4.92 Å². The lowest BCUT2D eigenvalue weighted by atomic mass is 10.1. The lowest BCUT2D eigenvalue weighted by Gasteiger charge is -2.39. The lowest BCUT2D eigenvalue weighted by Crippen LogP contribution is -2.52. The van der Waals surface area contributed by atoms with Crippen LogP contribution in [0.15, 0.2) is 18.2 Å². The summed E-state index contributed by atoms with van der Waals surface area (Å²) in [6.45, 7) is 4.11. The third-order valence-electron chi connectivity index (χ3n) is 3.95. The minimum Gasteiger partial charge on any atom is -0.502 e. The van der Waals surface area contributed by atoms with E-state index in [1.54, 1.807) is 4.90 Å². The summed E-state index contributed by atoms with van der Waals surface area (Å²) in [5.41, 5.74) is -0.117. The van der Waals surface area contributed by atoms with Gasteiger partial charge in [0.2, 0.25) is 0 Å².